The molecule has 0 aromatic heterocycles. The predicted molar refractivity (Wildman–Crippen MR) is 95.9 cm³/mol. The van der Waals surface area contributed by atoms with Crippen LogP contribution in [0.3, 0.4) is 0 Å². The van der Waals surface area contributed by atoms with E-state index in [0.29, 0.717) is 31.1 Å². The average molecular weight is 354 g/mol. The molecule has 5 nitrogen and oxygen atoms in total. The summed E-state index contributed by atoms with van der Waals surface area (Å²) in [5, 5.41) is 21.7. The van der Waals surface area contributed by atoms with E-state index < -0.39 is 46.8 Å². The van der Waals surface area contributed by atoms with Gasteiger partial charge in [0, 0.05) is 5.92 Å². The summed E-state index contributed by atoms with van der Waals surface area (Å²) >= 11 is 0. The van der Waals surface area contributed by atoms with Crippen molar-refractivity contribution < 1.29 is 24.6 Å². The molecule has 1 saturated carbocycles. The number of rotatable bonds is 9. The highest BCUT2D eigenvalue weighted by molar-refractivity contribution is 6.27. The number of aliphatic hydroxyl groups excluding tert-OH is 1. The minimum atomic E-state index is -2.14. The maximum Gasteiger partial charge on any atom is 0.185 e. The Hall–Kier alpha value is -1.07. The first-order valence-electron chi connectivity index (χ1n) is 9.46. The second-order valence-electron chi connectivity index (χ2n) is 8.59. The molecule has 25 heavy (non-hydrogen) atoms. The van der Waals surface area contributed by atoms with Gasteiger partial charge in [-0.25, -0.2) is 0 Å². The molecule has 0 amide bonds. The molecule has 1 rings (SSSR count). The van der Waals surface area contributed by atoms with E-state index in [4.69, 9.17) is 0 Å². The summed E-state index contributed by atoms with van der Waals surface area (Å²) < 4.78 is 0. The van der Waals surface area contributed by atoms with Crippen LogP contribution in [0.25, 0.3) is 0 Å². The number of hydrogen-bond acceptors (Lipinski definition) is 5. The first-order valence-corrected chi connectivity index (χ1v) is 9.46. The van der Waals surface area contributed by atoms with Crippen LogP contribution < -0.4 is 0 Å². The van der Waals surface area contributed by atoms with Crippen molar-refractivity contribution in [1.82, 2.24) is 0 Å². The Morgan fingerprint density at radius 3 is 1.96 bits per heavy atom. The summed E-state index contributed by atoms with van der Waals surface area (Å²) in [5.74, 6) is -4.10. The number of hydrogen-bond donors (Lipinski definition) is 2. The molecule has 0 aromatic rings. The molecule has 0 bridgehead atoms. The SMILES string of the molecule is CC(C)CC[C@@H]1C(=O)C(C(=O)C(C)C)C(=O)[C@]1(O)[C@@H](O)CCC(C)C. The molecule has 1 unspecified atom stereocenters. The fraction of sp³-hybridized carbons (Fsp3) is 0.850. The van der Waals surface area contributed by atoms with Gasteiger partial charge >= 0.3 is 0 Å². The van der Waals surface area contributed by atoms with Crippen molar-refractivity contribution in [3.05, 3.63) is 0 Å². The van der Waals surface area contributed by atoms with E-state index in [0.717, 1.165) is 0 Å². The molecular weight excluding hydrogens is 320 g/mol. The van der Waals surface area contributed by atoms with E-state index in [2.05, 4.69) is 0 Å². The van der Waals surface area contributed by atoms with Crippen LogP contribution in [0, 0.1) is 29.6 Å². The lowest BCUT2D eigenvalue weighted by Gasteiger charge is -2.33. The molecule has 0 spiro atoms. The largest absolute Gasteiger partial charge is 0.390 e. The maximum absolute atomic E-state index is 12.9. The van der Waals surface area contributed by atoms with Gasteiger partial charge in [0.05, 0.1) is 12.0 Å². The second kappa shape index (κ2) is 8.54. The van der Waals surface area contributed by atoms with Crippen LogP contribution >= 0.6 is 0 Å². The number of Topliss-reactive ketones (excluding diaryl/α,β-unsaturated/α-hetero) is 3. The zero-order chi connectivity index (χ0) is 19.5. The van der Waals surface area contributed by atoms with Gasteiger partial charge in [-0.2, -0.15) is 0 Å². The van der Waals surface area contributed by atoms with Crippen molar-refractivity contribution in [2.75, 3.05) is 0 Å². The van der Waals surface area contributed by atoms with Gasteiger partial charge in [-0.1, -0.05) is 48.0 Å². The lowest BCUT2D eigenvalue weighted by atomic mass is 9.78. The highest BCUT2D eigenvalue weighted by Crippen LogP contribution is 2.42. The van der Waals surface area contributed by atoms with E-state index in [1.54, 1.807) is 13.8 Å². The molecule has 1 aliphatic rings. The molecule has 4 atom stereocenters. The molecule has 5 heteroatoms. The Morgan fingerprint density at radius 1 is 1.00 bits per heavy atom. The van der Waals surface area contributed by atoms with E-state index in [1.165, 1.54) is 0 Å². The van der Waals surface area contributed by atoms with Gasteiger partial charge in [-0.3, -0.25) is 14.4 Å². The number of aliphatic hydroxyl groups is 2. The lowest BCUT2D eigenvalue weighted by Crippen LogP contribution is -2.52. The van der Waals surface area contributed by atoms with Gasteiger partial charge in [0.15, 0.2) is 23.0 Å². The first kappa shape index (κ1) is 22.0. The van der Waals surface area contributed by atoms with Crippen LogP contribution in [0.5, 0.6) is 0 Å². The number of carbonyl (C=O) groups excluding carboxylic acids is 3. The van der Waals surface area contributed by atoms with E-state index >= 15 is 0 Å². The molecule has 0 saturated heterocycles. The van der Waals surface area contributed by atoms with Crippen molar-refractivity contribution in [2.24, 2.45) is 29.6 Å². The predicted octanol–water partition coefficient (Wildman–Crippen LogP) is 2.56. The van der Waals surface area contributed by atoms with Gasteiger partial charge in [0.25, 0.3) is 0 Å². The Balaban J connectivity index is 3.20. The third-order valence-electron chi connectivity index (χ3n) is 5.23. The molecule has 0 aromatic carbocycles. The monoisotopic (exact) mass is 354 g/mol. The van der Waals surface area contributed by atoms with Gasteiger partial charge in [0.2, 0.25) is 0 Å². The summed E-state index contributed by atoms with van der Waals surface area (Å²) in [7, 11) is 0. The minimum Gasteiger partial charge on any atom is -0.390 e. The van der Waals surface area contributed by atoms with Crippen molar-refractivity contribution in [3.63, 3.8) is 0 Å². The van der Waals surface area contributed by atoms with E-state index in [9.17, 15) is 24.6 Å². The van der Waals surface area contributed by atoms with E-state index in [1.807, 2.05) is 27.7 Å². The van der Waals surface area contributed by atoms with Crippen LogP contribution in [0.2, 0.25) is 0 Å². The van der Waals surface area contributed by atoms with Crippen LogP contribution in [0.4, 0.5) is 0 Å². The summed E-state index contributed by atoms with van der Waals surface area (Å²) in [6.07, 6.45) is 0.483. The Morgan fingerprint density at radius 2 is 1.52 bits per heavy atom. The lowest BCUT2D eigenvalue weighted by molar-refractivity contribution is -0.158. The Kier molecular flexibility index (Phi) is 7.51. The molecule has 1 fully saturated rings. The van der Waals surface area contributed by atoms with Crippen molar-refractivity contribution in [3.8, 4) is 0 Å². The molecule has 1 aliphatic carbocycles. The summed E-state index contributed by atoms with van der Waals surface area (Å²) in [5.41, 5.74) is -2.14. The zero-order valence-corrected chi connectivity index (χ0v) is 16.4. The van der Waals surface area contributed by atoms with Gasteiger partial charge in [-0.15, -0.1) is 0 Å². The average Bonchev–Trinajstić information content (AvgIpc) is 2.69. The van der Waals surface area contributed by atoms with Crippen molar-refractivity contribution >= 4 is 17.3 Å². The Bertz CT molecular complexity index is 508. The molecular formula is C20H34O5. The highest BCUT2D eigenvalue weighted by Gasteiger charge is 2.64. The number of carbonyl (C=O) groups is 3. The minimum absolute atomic E-state index is 0.230. The first-order chi connectivity index (χ1) is 11.4. The second-order valence-corrected chi connectivity index (χ2v) is 8.59. The molecule has 0 heterocycles. The van der Waals surface area contributed by atoms with Crippen LogP contribution in [-0.4, -0.2) is 39.3 Å². The Labute approximate surface area is 151 Å². The van der Waals surface area contributed by atoms with Crippen LogP contribution in [0.15, 0.2) is 0 Å². The third kappa shape index (κ3) is 4.56. The standard InChI is InChI=1S/C20H34O5/c1-11(2)7-9-14-18(23)16(17(22)13(5)6)19(24)20(14,25)15(21)10-8-12(3)4/h11-16,21,25H,7-10H2,1-6H3/t14-,15+,16?,20-/m1/s1. The van der Waals surface area contributed by atoms with Gasteiger partial charge in [0.1, 0.15) is 5.92 Å². The fourth-order valence-electron chi connectivity index (χ4n) is 3.52. The highest BCUT2D eigenvalue weighted by atomic mass is 16.4. The maximum atomic E-state index is 12.9. The zero-order valence-electron chi connectivity index (χ0n) is 16.4. The van der Waals surface area contributed by atoms with Gasteiger partial charge in [-0.05, 0) is 31.1 Å². The van der Waals surface area contributed by atoms with Crippen molar-refractivity contribution in [1.29, 1.82) is 0 Å². The molecule has 2 N–H and O–H groups in total. The fourth-order valence-corrected chi connectivity index (χ4v) is 3.52. The van der Waals surface area contributed by atoms with Gasteiger partial charge < -0.3 is 10.2 Å². The molecule has 144 valence electrons. The topological polar surface area (TPSA) is 91.7 Å². The normalized spacial score (nSPS) is 28.4. The molecule has 0 radical (unpaired) electrons. The van der Waals surface area contributed by atoms with Crippen LogP contribution in [-0.2, 0) is 14.4 Å². The summed E-state index contributed by atoms with van der Waals surface area (Å²) in [6.45, 7) is 11.2. The third-order valence-corrected chi connectivity index (χ3v) is 5.23. The van der Waals surface area contributed by atoms with Crippen LogP contribution in [0.1, 0.15) is 67.2 Å². The number of ketones is 3. The van der Waals surface area contributed by atoms with Crippen molar-refractivity contribution in [2.45, 2.75) is 78.9 Å². The summed E-state index contributed by atoms with van der Waals surface area (Å²) in [4.78, 5) is 38.1. The van der Waals surface area contributed by atoms with E-state index in [-0.39, 0.29) is 6.42 Å². The summed E-state index contributed by atoms with van der Waals surface area (Å²) in [6, 6.07) is 0. The smallest absolute Gasteiger partial charge is 0.185 e. The quantitative estimate of drug-likeness (QED) is 0.621. The molecule has 0 aliphatic heterocycles.